The van der Waals surface area contributed by atoms with Gasteiger partial charge in [0.2, 0.25) is 5.91 Å². The average molecular weight is 266 g/mol. The zero-order chi connectivity index (χ0) is 12.5. The first-order chi connectivity index (χ1) is 8.79. The number of thiophene rings is 1. The largest absolute Gasteiger partial charge is 0.378 e. The molecule has 1 N–H and O–H groups in total. The van der Waals surface area contributed by atoms with E-state index in [4.69, 9.17) is 4.74 Å². The molecule has 98 valence electrons. The molecule has 1 saturated carbocycles. The second-order valence-electron chi connectivity index (χ2n) is 4.80. The number of amides is 1. The fourth-order valence-electron chi connectivity index (χ4n) is 2.75. The first-order valence-electron chi connectivity index (χ1n) is 6.49. The molecule has 3 rings (SSSR count). The first kappa shape index (κ1) is 12.1. The fraction of sp³-hybridized carbons (Fsp3) is 0.615. The maximum atomic E-state index is 12.0. The molecule has 2 fully saturated rings. The molecule has 0 radical (unpaired) electrons. The highest BCUT2D eigenvalue weighted by Gasteiger charge is 2.43. The summed E-state index contributed by atoms with van der Waals surface area (Å²) in [5.41, 5.74) is 0. The number of ether oxygens (including phenoxy) is 1. The van der Waals surface area contributed by atoms with Gasteiger partial charge in [-0.1, -0.05) is 6.07 Å². The SMILES string of the molecule is CCOC1CC(N2C(=O)CNC2c2cccs2)C1. The Hall–Kier alpha value is -0.910. The summed E-state index contributed by atoms with van der Waals surface area (Å²) >= 11 is 1.70. The third-order valence-corrected chi connectivity index (χ3v) is 4.62. The van der Waals surface area contributed by atoms with Crippen LogP contribution in [0.3, 0.4) is 0 Å². The van der Waals surface area contributed by atoms with E-state index in [1.807, 2.05) is 17.9 Å². The van der Waals surface area contributed by atoms with Gasteiger partial charge in [-0.3, -0.25) is 10.1 Å². The van der Waals surface area contributed by atoms with Gasteiger partial charge in [-0.25, -0.2) is 0 Å². The van der Waals surface area contributed by atoms with Crippen LogP contribution >= 0.6 is 11.3 Å². The van der Waals surface area contributed by atoms with E-state index >= 15 is 0 Å². The van der Waals surface area contributed by atoms with Crippen molar-refractivity contribution < 1.29 is 9.53 Å². The van der Waals surface area contributed by atoms with Gasteiger partial charge in [-0.05, 0) is 31.2 Å². The summed E-state index contributed by atoms with van der Waals surface area (Å²) in [7, 11) is 0. The molecule has 1 aromatic heterocycles. The van der Waals surface area contributed by atoms with E-state index in [1.165, 1.54) is 4.88 Å². The second kappa shape index (κ2) is 4.99. The molecule has 5 heteroatoms. The number of nitrogens with zero attached hydrogens (tertiary/aromatic N) is 1. The molecule has 0 spiro atoms. The van der Waals surface area contributed by atoms with Crippen LogP contribution in [0.15, 0.2) is 17.5 Å². The minimum Gasteiger partial charge on any atom is -0.378 e. The van der Waals surface area contributed by atoms with Crippen LogP contribution in [0.5, 0.6) is 0 Å². The van der Waals surface area contributed by atoms with E-state index in [0.717, 1.165) is 19.4 Å². The summed E-state index contributed by atoms with van der Waals surface area (Å²) in [4.78, 5) is 15.2. The summed E-state index contributed by atoms with van der Waals surface area (Å²) < 4.78 is 5.57. The molecule has 4 nitrogen and oxygen atoms in total. The molecular formula is C13H18N2O2S. The van der Waals surface area contributed by atoms with Gasteiger partial charge in [0.1, 0.15) is 6.17 Å². The molecule has 0 bridgehead atoms. The lowest BCUT2D eigenvalue weighted by atomic mass is 9.87. The van der Waals surface area contributed by atoms with Crippen LogP contribution in [0.25, 0.3) is 0 Å². The Kier molecular flexibility index (Phi) is 3.37. The van der Waals surface area contributed by atoms with Crippen LogP contribution in [0.4, 0.5) is 0 Å². The van der Waals surface area contributed by atoms with E-state index in [2.05, 4.69) is 16.8 Å². The van der Waals surface area contributed by atoms with E-state index < -0.39 is 0 Å². The summed E-state index contributed by atoms with van der Waals surface area (Å²) in [5.74, 6) is 0.216. The summed E-state index contributed by atoms with van der Waals surface area (Å²) in [6.07, 6.45) is 2.37. The van der Waals surface area contributed by atoms with Crippen LogP contribution in [-0.2, 0) is 9.53 Å². The molecule has 1 aromatic rings. The number of carbonyl (C=O) groups excluding carboxylic acids is 1. The first-order valence-corrected chi connectivity index (χ1v) is 7.37. The van der Waals surface area contributed by atoms with E-state index in [-0.39, 0.29) is 12.1 Å². The molecule has 2 aliphatic rings. The zero-order valence-corrected chi connectivity index (χ0v) is 11.3. The Labute approximate surface area is 111 Å². The standard InChI is InChI=1S/C13H18N2O2S/c1-2-17-10-6-9(7-10)15-12(16)8-14-13(15)11-4-3-5-18-11/h3-5,9-10,13-14H,2,6-8H2,1H3. The van der Waals surface area contributed by atoms with Gasteiger partial charge in [-0.2, -0.15) is 0 Å². The highest BCUT2D eigenvalue weighted by molar-refractivity contribution is 7.10. The van der Waals surface area contributed by atoms with Crippen molar-refractivity contribution in [1.29, 1.82) is 0 Å². The van der Waals surface area contributed by atoms with Crippen molar-refractivity contribution in [3.8, 4) is 0 Å². The quantitative estimate of drug-likeness (QED) is 0.902. The van der Waals surface area contributed by atoms with Crippen LogP contribution in [0, 0.1) is 0 Å². The minimum atomic E-state index is 0.0741. The van der Waals surface area contributed by atoms with Gasteiger partial charge in [-0.15, -0.1) is 11.3 Å². The second-order valence-corrected chi connectivity index (χ2v) is 5.78. The smallest absolute Gasteiger partial charge is 0.238 e. The van der Waals surface area contributed by atoms with Crippen LogP contribution < -0.4 is 5.32 Å². The average Bonchev–Trinajstić information content (AvgIpc) is 2.92. The van der Waals surface area contributed by atoms with E-state index in [1.54, 1.807) is 11.3 Å². The van der Waals surface area contributed by atoms with Crippen molar-refractivity contribution in [3.05, 3.63) is 22.4 Å². The molecule has 1 aliphatic carbocycles. The number of carbonyl (C=O) groups is 1. The van der Waals surface area contributed by atoms with Crippen molar-refractivity contribution in [3.63, 3.8) is 0 Å². The molecule has 1 atom stereocenters. The number of hydrogen-bond donors (Lipinski definition) is 1. The zero-order valence-electron chi connectivity index (χ0n) is 10.5. The fourth-order valence-corrected chi connectivity index (χ4v) is 3.55. The third-order valence-electron chi connectivity index (χ3n) is 3.69. The van der Waals surface area contributed by atoms with Gasteiger partial charge < -0.3 is 9.64 Å². The molecule has 1 aliphatic heterocycles. The van der Waals surface area contributed by atoms with Crippen molar-refractivity contribution in [2.75, 3.05) is 13.2 Å². The van der Waals surface area contributed by atoms with Crippen LogP contribution in [-0.4, -0.2) is 36.1 Å². The Morgan fingerprint density at radius 1 is 1.56 bits per heavy atom. The molecule has 1 saturated heterocycles. The number of rotatable bonds is 4. The van der Waals surface area contributed by atoms with Gasteiger partial charge in [0.25, 0.3) is 0 Å². The lowest BCUT2D eigenvalue weighted by Crippen LogP contribution is -2.50. The van der Waals surface area contributed by atoms with Crippen molar-refractivity contribution in [2.24, 2.45) is 0 Å². The highest BCUT2D eigenvalue weighted by atomic mass is 32.1. The number of nitrogens with one attached hydrogen (secondary N) is 1. The molecule has 2 heterocycles. The maximum absolute atomic E-state index is 12.0. The summed E-state index contributed by atoms with van der Waals surface area (Å²) in [6, 6.07) is 4.47. The van der Waals surface area contributed by atoms with Crippen LogP contribution in [0.1, 0.15) is 30.8 Å². The van der Waals surface area contributed by atoms with E-state index in [9.17, 15) is 4.79 Å². The maximum Gasteiger partial charge on any atom is 0.238 e. The van der Waals surface area contributed by atoms with Gasteiger partial charge in [0.15, 0.2) is 0 Å². The molecule has 18 heavy (non-hydrogen) atoms. The van der Waals surface area contributed by atoms with Crippen molar-refractivity contribution in [1.82, 2.24) is 10.2 Å². The Balaban J connectivity index is 1.68. The Morgan fingerprint density at radius 2 is 2.39 bits per heavy atom. The molecule has 0 aromatic carbocycles. The Bertz CT molecular complexity index is 415. The number of hydrogen-bond acceptors (Lipinski definition) is 4. The normalized spacial score (nSPS) is 31.7. The van der Waals surface area contributed by atoms with Crippen LogP contribution in [0.2, 0.25) is 0 Å². The summed E-state index contributed by atoms with van der Waals surface area (Å²) in [6.45, 7) is 3.24. The van der Waals surface area contributed by atoms with Crippen molar-refractivity contribution >= 4 is 17.2 Å². The lowest BCUT2D eigenvalue weighted by molar-refractivity contribution is -0.136. The van der Waals surface area contributed by atoms with Gasteiger partial charge >= 0.3 is 0 Å². The van der Waals surface area contributed by atoms with Gasteiger partial charge in [0, 0.05) is 17.5 Å². The highest BCUT2D eigenvalue weighted by Crippen LogP contribution is 2.36. The predicted molar refractivity (Wildman–Crippen MR) is 70.3 cm³/mol. The predicted octanol–water partition coefficient (Wildman–Crippen LogP) is 1.75. The minimum absolute atomic E-state index is 0.0741. The summed E-state index contributed by atoms with van der Waals surface area (Å²) in [5, 5.41) is 5.36. The Morgan fingerprint density at radius 3 is 3.06 bits per heavy atom. The molecule has 1 unspecified atom stereocenters. The monoisotopic (exact) mass is 266 g/mol. The molecule has 1 amide bonds. The topological polar surface area (TPSA) is 41.6 Å². The lowest BCUT2D eigenvalue weighted by Gasteiger charge is -2.42. The van der Waals surface area contributed by atoms with Crippen molar-refractivity contribution in [2.45, 2.75) is 38.1 Å². The van der Waals surface area contributed by atoms with E-state index in [0.29, 0.717) is 18.7 Å². The molecular weight excluding hydrogens is 248 g/mol. The third kappa shape index (κ3) is 2.06. The van der Waals surface area contributed by atoms with Gasteiger partial charge in [0.05, 0.1) is 12.6 Å².